The van der Waals surface area contributed by atoms with Crippen molar-refractivity contribution >= 4 is 92.9 Å². The number of anilines is 1. The number of hydrogen-bond donors (Lipinski definition) is 5. The third-order valence-electron chi connectivity index (χ3n) is 14.3. The quantitative estimate of drug-likeness (QED) is 0.0106. The number of oxazole rings is 2. The van der Waals surface area contributed by atoms with Crippen LogP contribution in [0.3, 0.4) is 0 Å². The Morgan fingerprint density at radius 1 is 0.710 bits per heavy atom. The number of primary amides is 2. The van der Waals surface area contributed by atoms with E-state index in [4.69, 9.17) is 44.2 Å². The lowest BCUT2D eigenvalue weighted by atomic mass is 9.91. The normalized spacial score (nSPS) is 13.2. The van der Waals surface area contributed by atoms with Crippen LogP contribution in [0.1, 0.15) is 165 Å². The van der Waals surface area contributed by atoms with E-state index in [-0.39, 0.29) is 134 Å². The summed E-state index contributed by atoms with van der Waals surface area (Å²) in [5, 5.41) is 8.11. The molecule has 7 rings (SSSR count). The molecule has 4 aromatic heterocycles. The molecular formula is C64H78N12O17. The zero-order valence-electron chi connectivity index (χ0n) is 53.9. The summed E-state index contributed by atoms with van der Waals surface area (Å²) in [5.74, 6) is -6.52. The zero-order chi connectivity index (χ0) is 68.2. The van der Waals surface area contributed by atoms with Gasteiger partial charge in [-0.15, -0.1) is 0 Å². The highest BCUT2D eigenvalue weighted by molar-refractivity contribution is 6.14. The minimum absolute atomic E-state index is 0.0121. The molecule has 2 aromatic carbocycles. The predicted molar refractivity (Wildman–Crippen MR) is 334 cm³/mol. The molecule has 29 nitrogen and oxygen atoms in total. The number of ketones is 3. The summed E-state index contributed by atoms with van der Waals surface area (Å²) in [6.45, 7) is 16.0. The van der Waals surface area contributed by atoms with Crippen LogP contribution in [0.25, 0.3) is 22.1 Å². The maximum atomic E-state index is 14.2. The number of alkyl carbamates (subject to hydrolysis) is 1. The van der Waals surface area contributed by atoms with Gasteiger partial charge >= 0.3 is 12.1 Å². The number of nitrogens with two attached hydrogens (primary N) is 2. The minimum atomic E-state index is -1.38. The van der Waals surface area contributed by atoms with Crippen molar-refractivity contribution in [3.63, 3.8) is 0 Å². The third-order valence-corrected chi connectivity index (χ3v) is 14.3. The van der Waals surface area contributed by atoms with Gasteiger partial charge in [0.15, 0.2) is 29.1 Å². The van der Waals surface area contributed by atoms with Crippen molar-refractivity contribution in [3.05, 3.63) is 100 Å². The second kappa shape index (κ2) is 30.2. The zero-order valence-corrected chi connectivity index (χ0v) is 53.9. The van der Waals surface area contributed by atoms with E-state index < -0.39 is 101 Å². The molecule has 29 heteroatoms. The number of allylic oxidation sites excluding steroid dienone is 2. The average Bonchev–Trinajstić information content (AvgIpc) is 1.64. The van der Waals surface area contributed by atoms with Gasteiger partial charge in [0.2, 0.25) is 35.2 Å². The van der Waals surface area contributed by atoms with E-state index in [9.17, 15) is 52.7 Å². The number of aromatic nitrogens is 6. The maximum Gasteiger partial charge on any atom is 0.408 e. The van der Waals surface area contributed by atoms with E-state index in [2.05, 4.69) is 30.9 Å². The van der Waals surface area contributed by atoms with Crippen molar-refractivity contribution in [1.29, 1.82) is 0 Å². The molecule has 7 amide bonds. The molecule has 0 radical (unpaired) electrons. The van der Waals surface area contributed by atoms with Gasteiger partial charge < -0.3 is 59.0 Å². The summed E-state index contributed by atoms with van der Waals surface area (Å²) in [7, 11) is 1.40. The number of Topliss-reactive ketones (excluding diaryl/α,β-unsaturated/α-hetero) is 3. The number of amides is 7. The van der Waals surface area contributed by atoms with Crippen molar-refractivity contribution < 1.29 is 80.5 Å². The highest BCUT2D eigenvalue weighted by Gasteiger charge is 2.33. The Morgan fingerprint density at radius 3 is 1.87 bits per heavy atom. The number of nitrogens with zero attached hydrogens (tertiary/aromatic N) is 7. The number of ether oxygens (including phenoxy) is 4. The molecule has 0 fully saturated rings. The van der Waals surface area contributed by atoms with Crippen LogP contribution in [0.4, 0.5) is 10.7 Å². The van der Waals surface area contributed by atoms with E-state index in [0.29, 0.717) is 35.3 Å². The molecule has 0 unspecified atom stereocenters. The summed E-state index contributed by atoms with van der Waals surface area (Å²) in [5.41, 5.74) is 11.9. The summed E-state index contributed by atoms with van der Waals surface area (Å²) < 4.78 is 37.8. The van der Waals surface area contributed by atoms with Crippen molar-refractivity contribution in [1.82, 2.24) is 44.6 Å². The van der Waals surface area contributed by atoms with Gasteiger partial charge in [0.25, 0.3) is 17.7 Å². The van der Waals surface area contributed by atoms with Crippen LogP contribution >= 0.6 is 0 Å². The number of methoxy groups -OCH3 is 1. The first kappa shape index (κ1) is 70.1. The fraction of sp³-hybridized carbons (Fsp3) is 0.453. The first-order valence-corrected chi connectivity index (χ1v) is 30.2. The Bertz CT molecular complexity index is 3940. The van der Waals surface area contributed by atoms with Gasteiger partial charge in [-0.2, -0.15) is 0 Å². The van der Waals surface area contributed by atoms with Crippen molar-refractivity contribution in [2.75, 3.05) is 32.1 Å². The highest BCUT2D eigenvalue weighted by atomic mass is 16.6. The number of imide groups is 1. The van der Waals surface area contributed by atoms with Gasteiger partial charge in [0, 0.05) is 81.9 Å². The van der Waals surface area contributed by atoms with Crippen LogP contribution in [-0.2, 0) is 70.6 Å². The molecular weight excluding hydrogens is 1210 g/mol. The predicted octanol–water partition coefficient (Wildman–Crippen LogP) is 5.99. The number of benzene rings is 2. The number of esters is 1. The standard InChI is InChI=1S/C64H78N12O17/c1-12-40-55(90-34(3)68-40)46(79)32-49-70-43-27-38(58(66)84)31-48(54(43)74(49)24-14-15-25-75-53-44(28-37(57(65)83)30-47(53)88-11)71-61(75)73-60(86)56-41(13-2)69-35(4)91-56)89-26-16-23-67-59(85)36(17-22-52(82)92-63(5,6)7)29-45(78)42(72-62(87)93-64(8,9)10)19-18-39(77)33-76-50(80)20-21-51(76)81/h14-15,20-21,27-28,30-31,36,42H,12-13,16-19,22-26,29,32-33H2,1-11H3,(H2,65,83)(H2,66,84)(H,67,85)(H,72,87)(H,71,73,86)/b15-14+/t36-,42+/m0/s1. The molecule has 0 spiro atoms. The van der Waals surface area contributed by atoms with E-state index in [1.807, 2.05) is 13.8 Å². The van der Waals surface area contributed by atoms with Crippen LogP contribution in [-0.4, -0.2) is 143 Å². The van der Waals surface area contributed by atoms with Crippen LogP contribution in [0.2, 0.25) is 0 Å². The molecule has 93 heavy (non-hydrogen) atoms. The summed E-state index contributed by atoms with van der Waals surface area (Å²) >= 11 is 0. The van der Waals surface area contributed by atoms with E-state index in [1.165, 1.54) is 31.4 Å². The lowest BCUT2D eigenvalue weighted by Crippen LogP contribution is -2.45. The Labute approximate surface area is 534 Å². The summed E-state index contributed by atoms with van der Waals surface area (Å²) in [4.78, 5) is 164. The van der Waals surface area contributed by atoms with Crippen LogP contribution in [0, 0.1) is 19.8 Å². The number of rotatable bonds is 32. The van der Waals surface area contributed by atoms with Crippen LogP contribution < -0.4 is 36.9 Å². The van der Waals surface area contributed by atoms with Crippen molar-refractivity contribution in [3.8, 4) is 11.5 Å². The SMILES string of the molecule is CCc1nc(C)oc1C(=O)Cc1nc2cc(C(N)=O)cc(OCCCNC(=O)[C@@H](CCC(=O)OC(C)(C)C)CC(=O)[C@@H](CCC(=O)CN3C(=O)C=CC3=O)NC(=O)OC(C)(C)C)c2n1C/C=C/Cn1c(NC(=O)c2oc(C)nc2CC)nc2cc(C(N)=O)cc(OC)c21. The summed E-state index contributed by atoms with van der Waals surface area (Å²) in [6.07, 6.45) is 3.55. The first-order chi connectivity index (χ1) is 43.9. The molecule has 0 bridgehead atoms. The van der Waals surface area contributed by atoms with E-state index >= 15 is 0 Å². The number of nitrogens with one attached hydrogen (secondary N) is 3. The molecule has 2 atom stereocenters. The van der Waals surface area contributed by atoms with Crippen molar-refractivity contribution in [2.24, 2.45) is 17.4 Å². The van der Waals surface area contributed by atoms with Gasteiger partial charge in [0.05, 0.1) is 55.1 Å². The molecule has 1 aliphatic rings. The molecule has 0 saturated carbocycles. The van der Waals surface area contributed by atoms with Crippen LogP contribution in [0.15, 0.2) is 57.4 Å². The Kier molecular flexibility index (Phi) is 22.8. The van der Waals surface area contributed by atoms with E-state index in [1.54, 1.807) is 76.7 Å². The molecule has 1 aliphatic heterocycles. The number of imidazole rings is 2. The fourth-order valence-corrected chi connectivity index (χ4v) is 10.1. The Balaban J connectivity index is 1.15. The third kappa shape index (κ3) is 18.4. The fourth-order valence-electron chi connectivity index (χ4n) is 10.1. The van der Waals surface area contributed by atoms with Gasteiger partial charge in [-0.1, -0.05) is 26.0 Å². The van der Waals surface area contributed by atoms with Gasteiger partial charge in [0.1, 0.15) is 39.6 Å². The average molecular weight is 1290 g/mol. The Morgan fingerprint density at radius 2 is 1.28 bits per heavy atom. The number of aryl methyl sites for hydroxylation is 4. The van der Waals surface area contributed by atoms with Crippen molar-refractivity contribution in [2.45, 2.75) is 157 Å². The Hall–Kier alpha value is -10.4. The van der Waals surface area contributed by atoms with Gasteiger partial charge in [-0.05, 0) is 97.9 Å². The number of fused-ring (bicyclic) bond motifs is 2. The lowest BCUT2D eigenvalue weighted by molar-refractivity contribution is -0.155. The topological polar surface area (TPSA) is 404 Å². The number of hydrogen-bond acceptors (Lipinski definition) is 21. The molecule has 0 saturated heterocycles. The maximum absolute atomic E-state index is 14.2. The monoisotopic (exact) mass is 1290 g/mol. The molecule has 7 N–H and O–H groups in total. The number of carbonyl (C=O) groups is 11. The van der Waals surface area contributed by atoms with Gasteiger partial charge in [-0.3, -0.25) is 58.2 Å². The largest absolute Gasteiger partial charge is 0.494 e. The summed E-state index contributed by atoms with van der Waals surface area (Å²) in [6, 6.07) is 4.40. The first-order valence-electron chi connectivity index (χ1n) is 30.2. The van der Waals surface area contributed by atoms with Crippen LogP contribution in [0.5, 0.6) is 11.5 Å². The number of carbonyl (C=O) groups excluding carboxylic acids is 11. The second-order valence-corrected chi connectivity index (χ2v) is 23.9. The molecule has 6 aromatic rings. The second-order valence-electron chi connectivity index (χ2n) is 23.9. The molecule has 5 heterocycles. The molecule has 496 valence electrons. The van der Waals surface area contributed by atoms with Gasteiger partial charge in [-0.25, -0.2) is 24.7 Å². The molecule has 0 aliphatic carbocycles. The smallest absolute Gasteiger partial charge is 0.408 e. The minimum Gasteiger partial charge on any atom is -0.494 e. The van der Waals surface area contributed by atoms with E-state index in [0.717, 1.165) is 17.1 Å². The lowest BCUT2D eigenvalue weighted by Gasteiger charge is -2.25. The highest BCUT2D eigenvalue weighted by Crippen LogP contribution is 2.33.